The SMILES string of the molecule is CCOC(=O)N1C=CN(COC)C(=O)C(C)=C1. The van der Waals surface area contributed by atoms with Gasteiger partial charge in [0.1, 0.15) is 6.73 Å². The van der Waals surface area contributed by atoms with Gasteiger partial charge in [-0.15, -0.1) is 0 Å². The Kier molecular flexibility index (Phi) is 4.71. The highest BCUT2D eigenvalue weighted by Crippen LogP contribution is 2.11. The first-order valence-electron chi connectivity index (χ1n) is 5.22. The fourth-order valence-corrected chi connectivity index (χ4v) is 1.31. The van der Waals surface area contributed by atoms with E-state index >= 15 is 0 Å². The van der Waals surface area contributed by atoms with Gasteiger partial charge in [-0.3, -0.25) is 14.6 Å². The lowest BCUT2D eigenvalue weighted by Crippen LogP contribution is -2.27. The van der Waals surface area contributed by atoms with Gasteiger partial charge in [0.15, 0.2) is 0 Å². The number of carbonyl (C=O) groups is 2. The summed E-state index contributed by atoms with van der Waals surface area (Å²) in [5.74, 6) is -0.213. The number of rotatable bonds is 3. The molecular weight excluding hydrogens is 224 g/mol. The van der Waals surface area contributed by atoms with E-state index in [4.69, 9.17) is 9.47 Å². The van der Waals surface area contributed by atoms with Crippen molar-refractivity contribution in [3.63, 3.8) is 0 Å². The molecule has 0 bridgehead atoms. The van der Waals surface area contributed by atoms with Crippen LogP contribution in [-0.2, 0) is 14.3 Å². The maximum Gasteiger partial charge on any atom is 0.417 e. The molecule has 0 aromatic carbocycles. The lowest BCUT2D eigenvalue weighted by atomic mass is 10.3. The third kappa shape index (κ3) is 3.32. The van der Waals surface area contributed by atoms with Gasteiger partial charge in [-0.25, -0.2) is 4.79 Å². The van der Waals surface area contributed by atoms with Gasteiger partial charge in [-0.2, -0.15) is 0 Å². The maximum absolute atomic E-state index is 11.8. The van der Waals surface area contributed by atoms with Gasteiger partial charge in [-0.1, -0.05) is 0 Å². The van der Waals surface area contributed by atoms with Crippen molar-refractivity contribution < 1.29 is 19.1 Å². The topological polar surface area (TPSA) is 59.1 Å². The van der Waals surface area contributed by atoms with Crippen molar-refractivity contribution in [2.45, 2.75) is 13.8 Å². The molecule has 0 spiro atoms. The minimum absolute atomic E-state index is 0.136. The van der Waals surface area contributed by atoms with E-state index in [1.807, 2.05) is 0 Å². The van der Waals surface area contributed by atoms with Crippen molar-refractivity contribution in [3.05, 3.63) is 24.2 Å². The molecule has 0 unspecified atom stereocenters. The van der Waals surface area contributed by atoms with E-state index in [0.29, 0.717) is 5.57 Å². The van der Waals surface area contributed by atoms with Crippen LogP contribution >= 0.6 is 0 Å². The van der Waals surface area contributed by atoms with Gasteiger partial charge in [-0.05, 0) is 13.8 Å². The molecule has 0 fully saturated rings. The second kappa shape index (κ2) is 6.05. The quantitative estimate of drug-likeness (QED) is 0.745. The Morgan fingerprint density at radius 2 is 2.12 bits per heavy atom. The molecule has 0 aromatic heterocycles. The van der Waals surface area contributed by atoms with E-state index in [1.165, 1.54) is 35.5 Å². The van der Waals surface area contributed by atoms with Crippen LogP contribution in [0.5, 0.6) is 0 Å². The second-order valence-electron chi connectivity index (χ2n) is 3.41. The molecule has 0 radical (unpaired) electrons. The van der Waals surface area contributed by atoms with Gasteiger partial charge >= 0.3 is 6.09 Å². The molecule has 6 heteroatoms. The summed E-state index contributed by atoms with van der Waals surface area (Å²) in [6.07, 6.45) is 3.86. The first-order valence-corrected chi connectivity index (χ1v) is 5.22. The Hall–Kier alpha value is -1.82. The minimum Gasteiger partial charge on any atom is -0.449 e. The van der Waals surface area contributed by atoms with Crippen molar-refractivity contribution in [2.24, 2.45) is 0 Å². The number of hydrogen-bond acceptors (Lipinski definition) is 4. The number of carbonyl (C=O) groups excluding carboxylic acids is 2. The smallest absolute Gasteiger partial charge is 0.417 e. The van der Waals surface area contributed by atoms with Gasteiger partial charge < -0.3 is 9.47 Å². The Balaban J connectivity index is 2.87. The molecule has 1 aliphatic rings. The molecule has 0 atom stereocenters. The fourth-order valence-electron chi connectivity index (χ4n) is 1.31. The predicted molar refractivity (Wildman–Crippen MR) is 60.5 cm³/mol. The Bertz CT molecular complexity index is 362. The van der Waals surface area contributed by atoms with E-state index in [-0.39, 0.29) is 19.2 Å². The molecular formula is C11H16N2O4. The number of nitrogens with zero attached hydrogens (tertiary/aromatic N) is 2. The number of hydrogen-bond donors (Lipinski definition) is 0. The first kappa shape index (κ1) is 13.2. The molecule has 6 nitrogen and oxygen atoms in total. The molecule has 94 valence electrons. The van der Waals surface area contributed by atoms with Crippen LogP contribution < -0.4 is 0 Å². The summed E-state index contributed by atoms with van der Waals surface area (Å²) < 4.78 is 9.74. The van der Waals surface area contributed by atoms with Gasteiger partial charge in [0.05, 0.1) is 6.61 Å². The summed E-state index contributed by atoms with van der Waals surface area (Å²) in [4.78, 5) is 25.9. The molecule has 0 aliphatic carbocycles. The largest absolute Gasteiger partial charge is 0.449 e. The molecule has 0 saturated heterocycles. The summed E-state index contributed by atoms with van der Waals surface area (Å²) in [6.45, 7) is 3.77. The molecule has 0 N–H and O–H groups in total. The summed E-state index contributed by atoms with van der Waals surface area (Å²) in [5, 5.41) is 0. The number of ether oxygens (including phenoxy) is 2. The molecule has 1 aliphatic heterocycles. The number of amides is 2. The zero-order chi connectivity index (χ0) is 12.8. The minimum atomic E-state index is -0.518. The monoisotopic (exact) mass is 240 g/mol. The highest BCUT2D eigenvalue weighted by molar-refractivity contribution is 5.94. The van der Waals surface area contributed by atoms with Crippen LogP contribution in [0, 0.1) is 0 Å². The highest BCUT2D eigenvalue weighted by Gasteiger charge is 2.19. The van der Waals surface area contributed by atoms with E-state index in [2.05, 4.69) is 0 Å². The second-order valence-corrected chi connectivity index (χ2v) is 3.41. The highest BCUT2D eigenvalue weighted by atomic mass is 16.6. The Labute approximate surface area is 100 Å². The zero-order valence-electron chi connectivity index (χ0n) is 10.2. The standard InChI is InChI=1S/C11H16N2O4/c1-4-17-11(15)12-5-6-13(8-16-3)10(14)9(2)7-12/h5-7H,4,8H2,1-3H3. The van der Waals surface area contributed by atoms with Crippen LogP contribution in [0.1, 0.15) is 13.8 Å². The van der Waals surface area contributed by atoms with Crippen molar-refractivity contribution in [3.8, 4) is 0 Å². The summed E-state index contributed by atoms with van der Waals surface area (Å²) in [6, 6.07) is 0. The average Bonchev–Trinajstić information content (AvgIpc) is 2.43. The van der Waals surface area contributed by atoms with Crippen LogP contribution in [0.4, 0.5) is 4.79 Å². The summed E-state index contributed by atoms with van der Waals surface area (Å²) in [7, 11) is 1.49. The maximum atomic E-state index is 11.8. The first-order chi connectivity index (χ1) is 8.10. The normalized spacial score (nSPS) is 15.7. The molecule has 1 heterocycles. The Morgan fingerprint density at radius 3 is 2.71 bits per heavy atom. The van der Waals surface area contributed by atoms with Crippen molar-refractivity contribution in [2.75, 3.05) is 20.4 Å². The molecule has 2 amide bonds. The molecule has 0 aromatic rings. The third-order valence-electron chi connectivity index (χ3n) is 2.08. The summed E-state index contributed by atoms with van der Waals surface area (Å²) in [5.41, 5.74) is 0.431. The fraction of sp³-hybridized carbons (Fsp3) is 0.455. The van der Waals surface area contributed by atoms with E-state index in [0.717, 1.165) is 0 Å². The lowest BCUT2D eigenvalue weighted by Gasteiger charge is -2.15. The zero-order valence-corrected chi connectivity index (χ0v) is 10.2. The predicted octanol–water partition coefficient (Wildman–Crippen LogP) is 1.27. The van der Waals surface area contributed by atoms with Crippen molar-refractivity contribution in [1.29, 1.82) is 0 Å². The van der Waals surface area contributed by atoms with Crippen LogP contribution in [0.15, 0.2) is 24.2 Å². The molecule has 1 rings (SSSR count). The van der Waals surface area contributed by atoms with E-state index in [9.17, 15) is 9.59 Å². The molecule has 0 saturated carbocycles. The Morgan fingerprint density at radius 1 is 1.41 bits per heavy atom. The van der Waals surface area contributed by atoms with Gasteiger partial charge in [0.2, 0.25) is 0 Å². The van der Waals surface area contributed by atoms with Crippen LogP contribution in [-0.4, -0.2) is 42.2 Å². The van der Waals surface area contributed by atoms with E-state index < -0.39 is 6.09 Å². The number of methoxy groups -OCH3 is 1. The van der Waals surface area contributed by atoms with Crippen LogP contribution in [0.25, 0.3) is 0 Å². The molecule has 17 heavy (non-hydrogen) atoms. The lowest BCUT2D eigenvalue weighted by molar-refractivity contribution is -0.128. The summed E-state index contributed by atoms with van der Waals surface area (Å²) >= 11 is 0. The third-order valence-corrected chi connectivity index (χ3v) is 2.08. The average molecular weight is 240 g/mol. The van der Waals surface area contributed by atoms with Crippen molar-refractivity contribution in [1.82, 2.24) is 9.80 Å². The van der Waals surface area contributed by atoms with Gasteiger partial charge in [0.25, 0.3) is 5.91 Å². The van der Waals surface area contributed by atoms with Crippen LogP contribution in [0.2, 0.25) is 0 Å². The van der Waals surface area contributed by atoms with Crippen LogP contribution in [0.3, 0.4) is 0 Å². The van der Waals surface area contributed by atoms with Crippen molar-refractivity contribution >= 4 is 12.0 Å². The van der Waals surface area contributed by atoms with E-state index in [1.54, 1.807) is 13.8 Å². The van der Waals surface area contributed by atoms with Gasteiger partial charge in [0, 0.05) is 31.3 Å².